The molecular weight excluding hydrogens is 492 g/mol. The topological polar surface area (TPSA) is 89.7 Å². The average Bonchev–Trinajstić information content (AvgIpc) is 2.69. The predicted molar refractivity (Wildman–Crippen MR) is 114 cm³/mol. The molecule has 0 aliphatic rings. The summed E-state index contributed by atoms with van der Waals surface area (Å²) in [6.45, 7) is 0. The molecule has 0 radical (unpaired) electrons. The summed E-state index contributed by atoms with van der Waals surface area (Å²) >= 11 is 12.2. The number of anilines is 2. The monoisotopic (exact) mass is 504 g/mol. The van der Waals surface area contributed by atoms with E-state index >= 15 is 0 Å². The number of carbonyl (C=O) groups excluding carboxylic acids is 1. The molecule has 0 atom stereocenters. The maximum atomic E-state index is 13.6. The lowest BCUT2D eigenvalue weighted by molar-refractivity contribution is -0.274. The van der Waals surface area contributed by atoms with E-state index in [1.807, 2.05) is 0 Å². The van der Waals surface area contributed by atoms with Crippen LogP contribution in [0.15, 0.2) is 71.6 Å². The first-order valence-corrected chi connectivity index (χ1v) is 10.8. The number of carbonyl (C=O) groups is 1. The van der Waals surface area contributed by atoms with Crippen LogP contribution in [0.3, 0.4) is 0 Å². The third-order valence-corrected chi connectivity index (χ3v) is 6.39. The van der Waals surface area contributed by atoms with Gasteiger partial charge in [0, 0.05) is 5.02 Å². The van der Waals surface area contributed by atoms with E-state index in [0.717, 1.165) is 28.6 Å². The lowest BCUT2D eigenvalue weighted by atomic mass is 10.1. The molecule has 6 nitrogen and oxygen atoms in total. The first kappa shape index (κ1) is 23.7. The summed E-state index contributed by atoms with van der Waals surface area (Å²) in [5.41, 5.74) is 5.12. The van der Waals surface area contributed by atoms with Crippen molar-refractivity contribution >= 4 is 50.5 Å². The Hall–Kier alpha value is -2.95. The van der Waals surface area contributed by atoms with Crippen LogP contribution in [0.2, 0.25) is 10.0 Å². The fourth-order valence-corrected chi connectivity index (χ4v) is 4.88. The number of hydrogen-bond acceptors (Lipinski definition) is 4. The summed E-state index contributed by atoms with van der Waals surface area (Å²) in [4.78, 5) is 11.6. The van der Waals surface area contributed by atoms with Crippen LogP contribution >= 0.6 is 23.2 Å². The van der Waals surface area contributed by atoms with Crippen molar-refractivity contribution in [2.45, 2.75) is 11.3 Å². The molecule has 32 heavy (non-hydrogen) atoms. The maximum Gasteiger partial charge on any atom is 0.573 e. The second-order valence-corrected chi connectivity index (χ2v) is 8.90. The van der Waals surface area contributed by atoms with Crippen LogP contribution in [0.5, 0.6) is 5.75 Å². The Kier molecular flexibility index (Phi) is 6.59. The maximum absolute atomic E-state index is 13.6. The highest BCUT2D eigenvalue weighted by molar-refractivity contribution is 7.93. The van der Waals surface area contributed by atoms with Crippen LogP contribution in [-0.4, -0.2) is 20.7 Å². The highest BCUT2D eigenvalue weighted by Crippen LogP contribution is 2.40. The summed E-state index contributed by atoms with van der Waals surface area (Å²) in [6.07, 6.45) is -4.94. The summed E-state index contributed by atoms with van der Waals surface area (Å²) < 4.78 is 68.9. The molecule has 12 heteroatoms. The molecule has 0 aromatic heterocycles. The van der Waals surface area contributed by atoms with Gasteiger partial charge in [-0.3, -0.25) is 4.79 Å². The Labute approximate surface area is 191 Å². The van der Waals surface area contributed by atoms with E-state index in [9.17, 15) is 26.4 Å². The number of nitrogens with two attached hydrogens (primary N) is 1. The van der Waals surface area contributed by atoms with Gasteiger partial charge in [-0.2, -0.15) is 0 Å². The molecule has 0 aliphatic carbocycles. The van der Waals surface area contributed by atoms with E-state index in [4.69, 9.17) is 28.9 Å². The van der Waals surface area contributed by atoms with E-state index < -0.39 is 32.9 Å². The molecule has 0 saturated carbocycles. The van der Waals surface area contributed by atoms with Crippen LogP contribution < -0.4 is 14.8 Å². The van der Waals surface area contributed by atoms with Crippen LogP contribution in [0.1, 0.15) is 10.4 Å². The minimum Gasteiger partial charge on any atom is -0.406 e. The molecular formula is C20H13Cl2F3N2O4S. The molecule has 3 rings (SSSR count). The largest absolute Gasteiger partial charge is 0.573 e. The Balaban J connectivity index is 2.20. The molecule has 1 amide bonds. The Morgan fingerprint density at radius 1 is 0.938 bits per heavy atom. The van der Waals surface area contributed by atoms with Crippen molar-refractivity contribution in [3.8, 4) is 5.75 Å². The number of benzene rings is 3. The third-order valence-electron chi connectivity index (χ3n) is 4.11. The van der Waals surface area contributed by atoms with Crippen molar-refractivity contribution in [1.29, 1.82) is 0 Å². The van der Waals surface area contributed by atoms with Gasteiger partial charge in [-0.1, -0.05) is 35.3 Å². The van der Waals surface area contributed by atoms with Gasteiger partial charge in [0.15, 0.2) is 0 Å². The van der Waals surface area contributed by atoms with Crippen LogP contribution in [-0.2, 0) is 10.0 Å². The zero-order valence-corrected chi connectivity index (χ0v) is 18.1. The van der Waals surface area contributed by atoms with Crippen molar-refractivity contribution in [1.82, 2.24) is 0 Å². The summed E-state index contributed by atoms with van der Waals surface area (Å²) in [6, 6.07) is 13.2. The number of primary amides is 1. The van der Waals surface area contributed by atoms with Crippen LogP contribution in [0.4, 0.5) is 24.5 Å². The smallest absolute Gasteiger partial charge is 0.406 e. The number of halogens is 5. The lowest BCUT2D eigenvalue weighted by Gasteiger charge is -2.27. The van der Waals surface area contributed by atoms with Gasteiger partial charge in [0.25, 0.3) is 15.9 Å². The molecule has 0 unspecified atom stereocenters. The van der Waals surface area contributed by atoms with E-state index in [0.29, 0.717) is 0 Å². The average molecular weight is 505 g/mol. The van der Waals surface area contributed by atoms with Gasteiger partial charge in [0.1, 0.15) is 5.75 Å². The van der Waals surface area contributed by atoms with Crippen LogP contribution in [0, 0.1) is 0 Å². The lowest BCUT2D eigenvalue weighted by Crippen LogP contribution is -2.29. The fraction of sp³-hybridized carbons (Fsp3) is 0.0500. The molecule has 2 N–H and O–H groups in total. The van der Waals surface area contributed by atoms with E-state index in [1.54, 1.807) is 0 Å². The SMILES string of the molecule is NC(=O)c1ccccc1N(c1ccc(Cl)cc1Cl)S(=O)(=O)c1ccc(OC(F)(F)F)cc1. The summed E-state index contributed by atoms with van der Waals surface area (Å²) in [7, 11) is -4.50. The molecule has 0 heterocycles. The Morgan fingerprint density at radius 2 is 1.56 bits per heavy atom. The molecule has 0 aliphatic heterocycles. The second-order valence-electron chi connectivity index (χ2n) is 6.27. The zero-order valence-electron chi connectivity index (χ0n) is 15.8. The van der Waals surface area contributed by atoms with Gasteiger partial charge in [-0.05, 0) is 54.6 Å². The minimum absolute atomic E-state index is 0.0552. The molecule has 0 spiro atoms. The number of nitrogens with zero attached hydrogens (tertiary/aromatic N) is 1. The first-order chi connectivity index (χ1) is 14.9. The number of ether oxygens (including phenoxy) is 1. The van der Waals surface area contributed by atoms with Crippen molar-refractivity contribution in [2.75, 3.05) is 4.31 Å². The quantitative estimate of drug-likeness (QED) is 0.478. The van der Waals surface area contributed by atoms with Gasteiger partial charge in [0.05, 0.1) is 26.9 Å². The van der Waals surface area contributed by atoms with Crippen molar-refractivity contribution in [3.05, 3.63) is 82.3 Å². The number of hydrogen-bond donors (Lipinski definition) is 1. The highest BCUT2D eigenvalue weighted by Gasteiger charge is 2.33. The molecule has 0 saturated heterocycles. The normalized spacial score (nSPS) is 11.8. The zero-order chi connectivity index (χ0) is 23.7. The second kappa shape index (κ2) is 8.89. The molecule has 3 aromatic carbocycles. The van der Waals surface area contributed by atoms with E-state index in [1.165, 1.54) is 42.5 Å². The Morgan fingerprint density at radius 3 is 2.12 bits per heavy atom. The molecule has 0 bridgehead atoms. The van der Waals surface area contributed by atoms with Gasteiger partial charge in [-0.25, -0.2) is 12.7 Å². The standard InChI is InChI=1S/C20H13Cl2F3N2O4S/c21-12-5-10-18(16(22)11-12)27(17-4-2-1-3-15(17)19(26)28)32(29,30)14-8-6-13(7-9-14)31-20(23,24)25/h1-11H,(H2,26,28). The number of sulfonamides is 1. The third kappa shape index (κ3) is 5.09. The van der Waals surface area contributed by atoms with Crippen LogP contribution in [0.25, 0.3) is 0 Å². The number of rotatable bonds is 6. The predicted octanol–water partition coefficient (Wildman–Crippen LogP) is 5.52. The Bertz CT molecular complexity index is 1270. The van der Waals surface area contributed by atoms with Gasteiger partial charge in [-0.15, -0.1) is 13.2 Å². The highest BCUT2D eigenvalue weighted by atomic mass is 35.5. The van der Waals surface area contributed by atoms with E-state index in [-0.39, 0.29) is 27.0 Å². The molecule has 0 fully saturated rings. The summed E-state index contributed by atoms with van der Waals surface area (Å²) in [5, 5.41) is 0.172. The fourth-order valence-electron chi connectivity index (χ4n) is 2.81. The van der Waals surface area contributed by atoms with Gasteiger partial charge in [0.2, 0.25) is 0 Å². The summed E-state index contributed by atoms with van der Waals surface area (Å²) in [5.74, 6) is -1.51. The number of amides is 1. The van der Waals surface area contributed by atoms with Crippen molar-refractivity contribution < 1.29 is 31.1 Å². The van der Waals surface area contributed by atoms with E-state index in [2.05, 4.69) is 4.74 Å². The molecule has 168 valence electrons. The number of para-hydroxylation sites is 1. The van der Waals surface area contributed by atoms with Crippen molar-refractivity contribution in [2.24, 2.45) is 5.73 Å². The van der Waals surface area contributed by atoms with Crippen molar-refractivity contribution in [3.63, 3.8) is 0 Å². The minimum atomic E-state index is -4.94. The van der Waals surface area contributed by atoms with Gasteiger partial charge >= 0.3 is 6.36 Å². The number of alkyl halides is 3. The molecule has 3 aromatic rings. The van der Waals surface area contributed by atoms with Gasteiger partial charge < -0.3 is 10.5 Å². The first-order valence-electron chi connectivity index (χ1n) is 8.65.